The summed E-state index contributed by atoms with van der Waals surface area (Å²) in [7, 11) is 4.27. The van der Waals surface area contributed by atoms with Crippen LogP contribution in [0, 0.1) is 0 Å². The second kappa shape index (κ2) is 5.26. The van der Waals surface area contributed by atoms with Crippen molar-refractivity contribution >= 4 is 0 Å². The highest BCUT2D eigenvalue weighted by Crippen LogP contribution is 2.29. The van der Waals surface area contributed by atoms with Crippen molar-refractivity contribution in [3.8, 4) is 0 Å². The molecule has 0 aliphatic carbocycles. The van der Waals surface area contributed by atoms with Gasteiger partial charge in [-0.15, -0.1) is 0 Å². The summed E-state index contributed by atoms with van der Waals surface area (Å²) in [5.74, 6) is 0.523. The van der Waals surface area contributed by atoms with Crippen LogP contribution >= 0.6 is 0 Å². The molecule has 0 N–H and O–H groups in total. The molecular formula is C15H22N2. The highest BCUT2D eigenvalue weighted by atomic mass is 15.0. The van der Waals surface area contributed by atoms with Crippen LogP contribution in [-0.4, -0.2) is 9.13 Å². The second-order valence-corrected chi connectivity index (χ2v) is 4.78. The number of hydrogen-bond acceptors (Lipinski definition) is 0. The van der Waals surface area contributed by atoms with E-state index in [4.69, 9.17) is 0 Å². The first-order valence-corrected chi connectivity index (χ1v) is 6.46. The third-order valence-corrected chi connectivity index (χ3v) is 3.53. The first-order valence-electron chi connectivity index (χ1n) is 6.46. The molecule has 2 aromatic heterocycles. The Morgan fingerprint density at radius 2 is 1.53 bits per heavy atom. The smallest absolute Gasteiger partial charge is 0.0395 e. The van der Waals surface area contributed by atoms with Gasteiger partial charge in [-0.1, -0.05) is 19.8 Å². The lowest BCUT2D eigenvalue weighted by atomic mass is 9.95. The molecule has 0 fully saturated rings. The zero-order chi connectivity index (χ0) is 12.3. The number of rotatable bonds is 5. The molecule has 0 aromatic carbocycles. The van der Waals surface area contributed by atoms with E-state index in [0.29, 0.717) is 5.92 Å². The Hall–Kier alpha value is -1.44. The average molecular weight is 230 g/mol. The summed E-state index contributed by atoms with van der Waals surface area (Å²) in [5, 5.41) is 0. The summed E-state index contributed by atoms with van der Waals surface area (Å²) in [6, 6.07) is 8.76. The SMILES string of the molecule is CCCCC(c1cccn1C)c1cccn1C. The Labute approximate surface area is 104 Å². The molecule has 2 heterocycles. The highest BCUT2D eigenvalue weighted by molar-refractivity contribution is 5.25. The number of unbranched alkanes of at least 4 members (excludes halogenated alkanes) is 1. The molecule has 0 radical (unpaired) electrons. The average Bonchev–Trinajstić information content (AvgIpc) is 2.90. The molecule has 0 aliphatic heterocycles. The van der Waals surface area contributed by atoms with Gasteiger partial charge >= 0.3 is 0 Å². The molecule has 92 valence electrons. The Morgan fingerprint density at radius 1 is 1.00 bits per heavy atom. The van der Waals surface area contributed by atoms with E-state index in [1.54, 1.807) is 0 Å². The standard InChI is InChI=1S/C15H22N2/c1-4-5-8-13(14-9-6-11-16(14)2)15-10-7-12-17(15)3/h6-7,9-13H,4-5,8H2,1-3H3. The van der Waals surface area contributed by atoms with Crippen LogP contribution < -0.4 is 0 Å². The van der Waals surface area contributed by atoms with Crippen LogP contribution in [0.2, 0.25) is 0 Å². The van der Waals surface area contributed by atoms with Crippen molar-refractivity contribution in [3.63, 3.8) is 0 Å². The van der Waals surface area contributed by atoms with Crippen LogP contribution in [0.25, 0.3) is 0 Å². The van der Waals surface area contributed by atoms with E-state index in [0.717, 1.165) is 0 Å². The normalized spacial score (nSPS) is 11.3. The van der Waals surface area contributed by atoms with Gasteiger partial charge in [-0.2, -0.15) is 0 Å². The maximum absolute atomic E-state index is 2.26. The van der Waals surface area contributed by atoms with E-state index in [9.17, 15) is 0 Å². The van der Waals surface area contributed by atoms with Crippen molar-refractivity contribution < 1.29 is 0 Å². The topological polar surface area (TPSA) is 9.86 Å². The van der Waals surface area contributed by atoms with Crippen LogP contribution in [0.1, 0.15) is 43.5 Å². The zero-order valence-electron chi connectivity index (χ0n) is 11.1. The van der Waals surface area contributed by atoms with Gasteiger partial charge in [0.1, 0.15) is 0 Å². The van der Waals surface area contributed by atoms with E-state index in [1.807, 2.05) is 0 Å². The highest BCUT2D eigenvalue weighted by Gasteiger charge is 2.18. The number of nitrogens with zero attached hydrogens (tertiary/aromatic N) is 2. The third kappa shape index (κ3) is 2.46. The number of hydrogen-bond donors (Lipinski definition) is 0. The van der Waals surface area contributed by atoms with Crippen molar-refractivity contribution in [2.24, 2.45) is 14.1 Å². The molecule has 0 spiro atoms. The van der Waals surface area contributed by atoms with Gasteiger partial charge in [0, 0.05) is 43.8 Å². The third-order valence-electron chi connectivity index (χ3n) is 3.53. The van der Waals surface area contributed by atoms with E-state index < -0.39 is 0 Å². The molecule has 2 heteroatoms. The van der Waals surface area contributed by atoms with Crippen molar-refractivity contribution in [2.75, 3.05) is 0 Å². The molecule has 0 bridgehead atoms. The molecule has 0 amide bonds. The summed E-state index contributed by atoms with van der Waals surface area (Å²) < 4.78 is 4.49. The van der Waals surface area contributed by atoms with Gasteiger partial charge in [0.25, 0.3) is 0 Å². The van der Waals surface area contributed by atoms with Crippen molar-refractivity contribution in [1.29, 1.82) is 0 Å². The minimum Gasteiger partial charge on any atom is -0.354 e. The molecular weight excluding hydrogens is 208 g/mol. The van der Waals surface area contributed by atoms with E-state index in [2.05, 4.69) is 66.8 Å². The maximum Gasteiger partial charge on any atom is 0.0395 e. The number of aromatic nitrogens is 2. The van der Waals surface area contributed by atoms with E-state index >= 15 is 0 Å². The summed E-state index contributed by atoms with van der Waals surface area (Å²) in [6.07, 6.45) is 8.03. The molecule has 0 saturated heterocycles. The van der Waals surface area contributed by atoms with Gasteiger partial charge in [-0.25, -0.2) is 0 Å². The van der Waals surface area contributed by atoms with Crippen molar-refractivity contribution in [2.45, 2.75) is 32.1 Å². The van der Waals surface area contributed by atoms with Gasteiger partial charge in [0.15, 0.2) is 0 Å². The molecule has 0 aliphatic rings. The largest absolute Gasteiger partial charge is 0.354 e. The van der Waals surface area contributed by atoms with Gasteiger partial charge in [0.2, 0.25) is 0 Å². The monoisotopic (exact) mass is 230 g/mol. The van der Waals surface area contributed by atoms with Gasteiger partial charge in [0.05, 0.1) is 0 Å². The van der Waals surface area contributed by atoms with Gasteiger partial charge < -0.3 is 9.13 Å². The summed E-state index contributed by atoms with van der Waals surface area (Å²) in [6.45, 7) is 2.26. The molecule has 2 nitrogen and oxygen atoms in total. The van der Waals surface area contributed by atoms with Crippen LogP contribution in [0.5, 0.6) is 0 Å². The van der Waals surface area contributed by atoms with Crippen LogP contribution in [0.3, 0.4) is 0 Å². The minimum absolute atomic E-state index is 0.523. The van der Waals surface area contributed by atoms with Crippen molar-refractivity contribution in [1.82, 2.24) is 9.13 Å². The van der Waals surface area contributed by atoms with Crippen molar-refractivity contribution in [3.05, 3.63) is 48.0 Å². The summed E-state index contributed by atoms with van der Waals surface area (Å²) in [5.41, 5.74) is 2.83. The van der Waals surface area contributed by atoms with E-state index in [-0.39, 0.29) is 0 Å². The second-order valence-electron chi connectivity index (χ2n) is 4.78. The Morgan fingerprint density at radius 3 is 1.88 bits per heavy atom. The fourth-order valence-electron chi connectivity index (χ4n) is 2.53. The Kier molecular flexibility index (Phi) is 3.72. The number of aryl methyl sites for hydroxylation is 2. The fourth-order valence-corrected chi connectivity index (χ4v) is 2.53. The predicted octanol–water partition coefficient (Wildman–Crippen LogP) is 3.69. The Balaban J connectivity index is 2.32. The molecule has 0 unspecified atom stereocenters. The molecule has 0 saturated carbocycles. The maximum atomic E-state index is 2.26. The van der Waals surface area contributed by atoms with Crippen LogP contribution in [-0.2, 0) is 14.1 Å². The van der Waals surface area contributed by atoms with Crippen LogP contribution in [0.4, 0.5) is 0 Å². The van der Waals surface area contributed by atoms with Gasteiger partial charge in [-0.3, -0.25) is 0 Å². The van der Waals surface area contributed by atoms with Gasteiger partial charge in [-0.05, 0) is 30.7 Å². The lowest BCUT2D eigenvalue weighted by Gasteiger charge is -2.19. The first kappa shape index (κ1) is 12.0. The first-order chi connectivity index (χ1) is 8.24. The predicted molar refractivity (Wildman–Crippen MR) is 72.2 cm³/mol. The summed E-state index contributed by atoms with van der Waals surface area (Å²) in [4.78, 5) is 0. The molecule has 17 heavy (non-hydrogen) atoms. The quantitative estimate of drug-likeness (QED) is 0.741. The summed E-state index contributed by atoms with van der Waals surface area (Å²) >= 11 is 0. The lowest BCUT2D eigenvalue weighted by molar-refractivity contribution is 0.589. The molecule has 0 atom stereocenters. The molecule has 2 rings (SSSR count). The Bertz CT molecular complexity index is 424. The molecule has 2 aromatic rings. The van der Waals surface area contributed by atoms with Crippen LogP contribution in [0.15, 0.2) is 36.7 Å². The lowest BCUT2D eigenvalue weighted by Crippen LogP contribution is -2.09. The zero-order valence-corrected chi connectivity index (χ0v) is 11.1. The fraction of sp³-hybridized carbons (Fsp3) is 0.467. The minimum atomic E-state index is 0.523. The van der Waals surface area contributed by atoms with E-state index in [1.165, 1.54) is 30.7 Å².